The van der Waals surface area contributed by atoms with E-state index in [-0.39, 0.29) is 24.0 Å². The lowest BCUT2D eigenvalue weighted by Gasteiger charge is -2.29. The van der Waals surface area contributed by atoms with Gasteiger partial charge in [-0.05, 0) is 42.7 Å². The SMILES string of the molecule is CN=C(NCCCOC)NCc1cc2c(s1)CCC(C)(C)C2.I. The van der Waals surface area contributed by atoms with Gasteiger partial charge in [0.2, 0.25) is 0 Å². The lowest BCUT2D eigenvalue weighted by Crippen LogP contribution is -2.37. The molecule has 0 radical (unpaired) electrons. The minimum Gasteiger partial charge on any atom is -0.385 e. The van der Waals surface area contributed by atoms with Gasteiger partial charge in [-0.25, -0.2) is 0 Å². The summed E-state index contributed by atoms with van der Waals surface area (Å²) in [4.78, 5) is 7.25. The number of halogens is 1. The lowest BCUT2D eigenvalue weighted by molar-refractivity contribution is 0.195. The van der Waals surface area contributed by atoms with Crippen LogP contribution in [0.2, 0.25) is 0 Å². The Kier molecular flexibility index (Phi) is 8.85. The highest BCUT2D eigenvalue weighted by Gasteiger charge is 2.26. The fourth-order valence-electron chi connectivity index (χ4n) is 2.85. The molecule has 0 atom stereocenters. The Bertz CT molecular complexity index is 514. The zero-order valence-corrected chi connectivity index (χ0v) is 17.8. The monoisotopic (exact) mass is 451 g/mol. The molecule has 0 aliphatic heterocycles. The first-order valence-corrected chi connectivity index (χ1v) is 8.89. The van der Waals surface area contributed by atoms with E-state index in [0.29, 0.717) is 5.41 Å². The molecular formula is C17H30IN3OS. The number of guanidine groups is 1. The molecule has 23 heavy (non-hydrogen) atoms. The number of aryl methyl sites for hydroxylation is 1. The first kappa shape index (κ1) is 20.7. The van der Waals surface area contributed by atoms with Crippen LogP contribution in [0, 0.1) is 5.41 Å². The molecule has 0 unspecified atom stereocenters. The van der Waals surface area contributed by atoms with Crippen LogP contribution in [0.5, 0.6) is 0 Å². The fraction of sp³-hybridized carbons (Fsp3) is 0.706. The molecule has 0 fully saturated rings. The Hall–Kier alpha value is -0.340. The summed E-state index contributed by atoms with van der Waals surface area (Å²) in [5.41, 5.74) is 2.01. The molecule has 1 aliphatic rings. The van der Waals surface area contributed by atoms with Crippen LogP contribution in [0.25, 0.3) is 0 Å². The van der Waals surface area contributed by atoms with Gasteiger partial charge in [0.1, 0.15) is 0 Å². The van der Waals surface area contributed by atoms with Crippen LogP contribution in [0.3, 0.4) is 0 Å². The number of thiophene rings is 1. The van der Waals surface area contributed by atoms with Gasteiger partial charge in [0, 0.05) is 37.1 Å². The Labute approximate surface area is 161 Å². The molecule has 132 valence electrons. The van der Waals surface area contributed by atoms with Crippen LogP contribution < -0.4 is 10.6 Å². The molecule has 1 heterocycles. The van der Waals surface area contributed by atoms with Crippen LogP contribution in [0.15, 0.2) is 11.1 Å². The maximum atomic E-state index is 5.05. The van der Waals surface area contributed by atoms with Crippen LogP contribution in [-0.2, 0) is 24.1 Å². The maximum Gasteiger partial charge on any atom is 0.191 e. The molecule has 0 aromatic carbocycles. The number of hydrogen-bond donors (Lipinski definition) is 2. The number of aliphatic imine (C=N–C) groups is 1. The van der Waals surface area contributed by atoms with Gasteiger partial charge < -0.3 is 15.4 Å². The van der Waals surface area contributed by atoms with Crippen molar-refractivity contribution in [3.8, 4) is 0 Å². The van der Waals surface area contributed by atoms with Crippen LogP contribution in [-0.4, -0.2) is 33.3 Å². The van der Waals surface area contributed by atoms with Crippen molar-refractivity contribution in [3.05, 3.63) is 21.4 Å². The third-order valence-electron chi connectivity index (χ3n) is 4.12. The summed E-state index contributed by atoms with van der Waals surface area (Å²) >= 11 is 1.96. The predicted octanol–water partition coefficient (Wildman–Crippen LogP) is 3.58. The van der Waals surface area contributed by atoms with Crippen LogP contribution in [0.1, 0.15) is 42.0 Å². The first-order valence-electron chi connectivity index (χ1n) is 8.08. The van der Waals surface area contributed by atoms with Gasteiger partial charge in [-0.3, -0.25) is 4.99 Å². The second-order valence-electron chi connectivity index (χ2n) is 6.70. The van der Waals surface area contributed by atoms with Crippen molar-refractivity contribution >= 4 is 41.3 Å². The molecule has 0 saturated carbocycles. The first-order chi connectivity index (χ1) is 10.5. The van der Waals surface area contributed by atoms with Gasteiger partial charge in [-0.15, -0.1) is 35.3 Å². The molecule has 1 aromatic heterocycles. The largest absolute Gasteiger partial charge is 0.385 e. The molecule has 1 aromatic rings. The normalized spacial score (nSPS) is 16.4. The van der Waals surface area contributed by atoms with E-state index in [1.807, 2.05) is 18.4 Å². The predicted molar refractivity (Wildman–Crippen MR) is 110 cm³/mol. The standard InChI is InChI=1S/C17H29N3OS.HI/c1-17(2)7-6-15-13(11-17)10-14(22-15)12-20-16(18-3)19-8-5-9-21-4;/h10H,5-9,11-12H2,1-4H3,(H2,18,19,20);1H. The van der Waals surface area contributed by atoms with E-state index < -0.39 is 0 Å². The minimum absolute atomic E-state index is 0. The number of hydrogen-bond acceptors (Lipinski definition) is 3. The van der Waals surface area contributed by atoms with Crippen molar-refractivity contribution in [1.82, 2.24) is 10.6 Å². The maximum absolute atomic E-state index is 5.05. The van der Waals surface area contributed by atoms with Gasteiger partial charge >= 0.3 is 0 Å². The molecule has 2 N–H and O–H groups in total. The second kappa shape index (κ2) is 9.84. The average molecular weight is 451 g/mol. The molecule has 4 nitrogen and oxygen atoms in total. The van der Waals surface area contributed by atoms with Crippen LogP contribution >= 0.6 is 35.3 Å². The number of nitrogens with zero attached hydrogens (tertiary/aromatic N) is 1. The number of methoxy groups -OCH3 is 1. The summed E-state index contributed by atoms with van der Waals surface area (Å²) in [6.45, 7) is 7.25. The number of fused-ring (bicyclic) bond motifs is 1. The molecule has 1 aliphatic carbocycles. The molecule has 6 heteroatoms. The van der Waals surface area contributed by atoms with Crippen molar-refractivity contribution < 1.29 is 4.74 Å². The van der Waals surface area contributed by atoms with Crippen molar-refractivity contribution in [3.63, 3.8) is 0 Å². The number of rotatable bonds is 6. The van der Waals surface area contributed by atoms with Gasteiger partial charge in [0.25, 0.3) is 0 Å². The summed E-state index contributed by atoms with van der Waals surface area (Å²) in [5, 5.41) is 6.71. The topological polar surface area (TPSA) is 45.7 Å². The van der Waals surface area contributed by atoms with E-state index >= 15 is 0 Å². The van der Waals surface area contributed by atoms with E-state index in [4.69, 9.17) is 4.74 Å². The molecular weight excluding hydrogens is 421 g/mol. The summed E-state index contributed by atoms with van der Waals surface area (Å²) in [6.07, 6.45) is 4.73. The van der Waals surface area contributed by atoms with Crippen molar-refractivity contribution in [2.75, 3.05) is 27.3 Å². The highest BCUT2D eigenvalue weighted by Crippen LogP contribution is 2.38. The van der Waals surface area contributed by atoms with Crippen molar-refractivity contribution in [1.29, 1.82) is 0 Å². The van der Waals surface area contributed by atoms with E-state index in [2.05, 4.69) is 35.5 Å². The Morgan fingerprint density at radius 1 is 1.39 bits per heavy atom. The zero-order valence-electron chi connectivity index (χ0n) is 14.7. The second-order valence-corrected chi connectivity index (χ2v) is 7.92. The van der Waals surface area contributed by atoms with Crippen molar-refractivity contribution in [2.24, 2.45) is 10.4 Å². The Morgan fingerprint density at radius 2 is 2.17 bits per heavy atom. The Balaban J connectivity index is 0.00000264. The minimum atomic E-state index is 0. The smallest absolute Gasteiger partial charge is 0.191 e. The lowest BCUT2D eigenvalue weighted by atomic mass is 9.77. The Morgan fingerprint density at radius 3 is 2.87 bits per heavy atom. The molecule has 0 spiro atoms. The number of nitrogens with one attached hydrogen (secondary N) is 2. The summed E-state index contributed by atoms with van der Waals surface area (Å²) in [5.74, 6) is 0.864. The molecule has 0 amide bonds. The zero-order chi connectivity index (χ0) is 16.0. The quantitative estimate of drug-likeness (QED) is 0.301. The van der Waals surface area contributed by atoms with Crippen LogP contribution in [0.4, 0.5) is 0 Å². The highest BCUT2D eigenvalue weighted by atomic mass is 127. The van der Waals surface area contributed by atoms with E-state index in [1.165, 1.54) is 24.1 Å². The van der Waals surface area contributed by atoms with E-state index in [1.54, 1.807) is 17.6 Å². The third kappa shape index (κ3) is 6.58. The van der Waals surface area contributed by atoms with Gasteiger partial charge in [-0.1, -0.05) is 13.8 Å². The van der Waals surface area contributed by atoms with Crippen molar-refractivity contribution in [2.45, 2.75) is 46.1 Å². The molecule has 2 rings (SSSR count). The highest BCUT2D eigenvalue weighted by molar-refractivity contribution is 14.0. The third-order valence-corrected chi connectivity index (χ3v) is 5.35. The summed E-state index contributed by atoms with van der Waals surface area (Å²) in [7, 11) is 3.54. The van der Waals surface area contributed by atoms with Gasteiger partial charge in [0.15, 0.2) is 5.96 Å². The van der Waals surface area contributed by atoms with Gasteiger partial charge in [-0.2, -0.15) is 0 Å². The molecule has 0 bridgehead atoms. The molecule has 0 saturated heterocycles. The summed E-state index contributed by atoms with van der Waals surface area (Å²) in [6, 6.07) is 2.38. The number of ether oxygens (including phenoxy) is 1. The summed E-state index contributed by atoms with van der Waals surface area (Å²) < 4.78 is 5.05. The average Bonchev–Trinajstić information content (AvgIpc) is 2.87. The van der Waals surface area contributed by atoms with E-state index in [0.717, 1.165) is 32.1 Å². The van der Waals surface area contributed by atoms with Gasteiger partial charge in [0.05, 0.1) is 6.54 Å². The van der Waals surface area contributed by atoms with E-state index in [9.17, 15) is 0 Å². The fourth-order valence-corrected chi connectivity index (χ4v) is 3.98.